The Bertz CT molecular complexity index is 692. The minimum Gasteiger partial charge on any atom is -0.455 e. The molecule has 0 spiro atoms. The second-order valence-corrected chi connectivity index (χ2v) is 6.40. The molecule has 21 heavy (non-hydrogen) atoms. The Hall–Kier alpha value is -0.810. The molecule has 2 rings (SSSR count). The summed E-state index contributed by atoms with van der Waals surface area (Å²) in [7, 11) is 0. The molecule has 1 atom stereocenters. The Morgan fingerprint density at radius 3 is 2.43 bits per heavy atom. The largest absolute Gasteiger partial charge is 0.455 e. The first-order chi connectivity index (χ1) is 9.79. The number of rotatable bonds is 3. The maximum Gasteiger partial charge on any atom is 0.147 e. The van der Waals surface area contributed by atoms with E-state index in [1.165, 1.54) is 6.07 Å². The van der Waals surface area contributed by atoms with Crippen LogP contribution in [-0.2, 0) is 0 Å². The number of nitrogens with two attached hydrogens (primary N) is 1. The van der Waals surface area contributed by atoms with Crippen molar-refractivity contribution in [2.75, 3.05) is 0 Å². The Morgan fingerprint density at radius 2 is 1.81 bits per heavy atom. The summed E-state index contributed by atoms with van der Waals surface area (Å²) < 4.78 is 20.2. The van der Waals surface area contributed by atoms with Gasteiger partial charge in [-0.3, -0.25) is 0 Å². The molecule has 0 heterocycles. The highest BCUT2D eigenvalue weighted by Gasteiger charge is 2.15. The van der Waals surface area contributed by atoms with Gasteiger partial charge in [-0.05, 0) is 53.5 Å². The fourth-order valence-corrected chi connectivity index (χ4v) is 2.65. The molecule has 0 fully saturated rings. The van der Waals surface area contributed by atoms with E-state index in [1.54, 1.807) is 32.0 Å². The SMILES string of the molecule is Cc1cc(Oc2cc(Cl)c(Br)cc2Cl)c(C(C)N)cc1F. The van der Waals surface area contributed by atoms with Gasteiger partial charge < -0.3 is 10.5 Å². The Morgan fingerprint density at radius 1 is 1.14 bits per heavy atom. The lowest BCUT2D eigenvalue weighted by Crippen LogP contribution is -2.08. The number of hydrogen-bond acceptors (Lipinski definition) is 2. The zero-order valence-electron chi connectivity index (χ0n) is 11.4. The van der Waals surface area contributed by atoms with Crippen molar-refractivity contribution >= 4 is 39.1 Å². The van der Waals surface area contributed by atoms with Crippen LogP contribution >= 0.6 is 39.1 Å². The fraction of sp³-hybridized carbons (Fsp3) is 0.200. The van der Waals surface area contributed by atoms with Crippen LogP contribution in [0.5, 0.6) is 11.5 Å². The van der Waals surface area contributed by atoms with Gasteiger partial charge in [-0.15, -0.1) is 0 Å². The summed E-state index contributed by atoms with van der Waals surface area (Å²) in [6.45, 7) is 3.41. The lowest BCUT2D eigenvalue weighted by molar-refractivity contribution is 0.468. The molecule has 112 valence electrons. The smallest absolute Gasteiger partial charge is 0.147 e. The average Bonchev–Trinajstić information content (AvgIpc) is 2.39. The van der Waals surface area contributed by atoms with E-state index in [1.807, 2.05) is 0 Å². The van der Waals surface area contributed by atoms with E-state index in [4.69, 9.17) is 33.7 Å². The van der Waals surface area contributed by atoms with Crippen LogP contribution in [0, 0.1) is 12.7 Å². The molecule has 0 bridgehead atoms. The van der Waals surface area contributed by atoms with Gasteiger partial charge >= 0.3 is 0 Å². The molecule has 0 saturated carbocycles. The quantitative estimate of drug-likeness (QED) is 0.648. The lowest BCUT2D eigenvalue weighted by Gasteiger charge is -2.16. The van der Waals surface area contributed by atoms with E-state index in [2.05, 4.69) is 15.9 Å². The molecule has 2 aromatic rings. The summed E-state index contributed by atoms with van der Waals surface area (Å²) in [4.78, 5) is 0. The van der Waals surface area contributed by atoms with Crippen molar-refractivity contribution in [1.82, 2.24) is 0 Å². The number of aryl methyl sites for hydroxylation is 1. The van der Waals surface area contributed by atoms with Gasteiger partial charge in [0.2, 0.25) is 0 Å². The van der Waals surface area contributed by atoms with Gasteiger partial charge in [0, 0.05) is 22.1 Å². The zero-order valence-corrected chi connectivity index (χ0v) is 14.5. The second kappa shape index (κ2) is 6.53. The van der Waals surface area contributed by atoms with Crippen molar-refractivity contribution in [2.24, 2.45) is 5.73 Å². The molecule has 0 aromatic heterocycles. The number of halogens is 4. The maximum atomic E-state index is 13.7. The summed E-state index contributed by atoms with van der Waals surface area (Å²) in [6, 6.07) is 5.84. The van der Waals surface area contributed by atoms with E-state index in [9.17, 15) is 4.39 Å². The molecule has 6 heteroatoms. The summed E-state index contributed by atoms with van der Waals surface area (Å²) in [5.41, 5.74) is 6.90. The summed E-state index contributed by atoms with van der Waals surface area (Å²) in [5, 5.41) is 0.861. The van der Waals surface area contributed by atoms with Crippen molar-refractivity contribution < 1.29 is 9.13 Å². The second-order valence-electron chi connectivity index (χ2n) is 4.73. The van der Waals surface area contributed by atoms with Gasteiger partial charge in [0.05, 0.1) is 10.0 Å². The molecule has 1 unspecified atom stereocenters. The molecule has 0 aliphatic rings. The van der Waals surface area contributed by atoms with Crippen molar-refractivity contribution in [3.05, 3.63) is 55.7 Å². The Labute approximate surface area is 141 Å². The van der Waals surface area contributed by atoms with E-state index < -0.39 is 0 Å². The average molecular weight is 393 g/mol. The molecule has 0 amide bonds. The van der Waals surface area contributed by atoms with Gasteiger partial charge in [-0.2, -0.15) is 0 Å². The number of benzene rings is 2. The van der Waals surface area contributed by atoms with Gasteiger partial charge in [0.1, 0.15) is 17.3 Å². The molecule has 0 radical (unpaired) electrons. The van der Waals surface area contributed by atoms with Crippen LogP contribution in [0.3, 0.4) is 0 Å². The molecule has 0 aliphatic carbocycles. The molecule has 0 saturated heterocycles. The molecular weight excluding hydrogens is 380 g/mol. The van der Waals surface area contributed by atoms with Gasteiger partial charge in [-0.1, -0.05) is 23.2 Å². The van der Waals surface area contributed by atoms with Gasteiger partial charge in [0.25, 0.3) is 0 Å². The third-order valence-electron chi connectivity index (χ3n) is 2.98. The van der Waals surface area contributed by atoms with Crippen LogP contribution in [0.1, 0.15) is 24.1 Å². The maximum absolute atomic E-state index is 13.7. The minimum atomic E-state index is -0.375. The van der Waals surface area contributed by atoms with E-state index in [0.717, 1.165) is 0 Å². The van der Waals surface area contributed by atoms with Gasteiger partial charge in [0.15, 0.2) is 0 Å². The van der Waals surface area contributed by atoms with Crippen molar-refractivity contribution in [1.29, 1.82) is 0 Å². The van der Waals surface area contributed by atoms with E-state index in [-0.39, 0.29) is 11.9 Å². The summed E-state index contributed by atoms with van der Waals surface area (Å²) in [6.07, 6.45) is 0. The lowest BCUT2D eigenvalue weighted by atomic mass is 10.1. The molecule has 2 nitrogen and oxygen atoms in total. The van der Waals surface area contributed by atoms with E-state index >= 15 is 0 Å². The van der Waals surface area contributed by atoms with Crippen molar-refractivity contribution in [2.45, 2.75) is 19.9 Å². The van der Waals surface area contributed by atoms with Crippen LogP contribution in [0.4, 0.5) is 4.39 Å². The highest BCUT2D eigenvalue weighted by molar-refractivity contribution is 9.10. The predicted molar refractivity (Wildman–Crippen MR) is 88.0 cm³/mol. The van der Waals surface area contributed by atoms with Crippen LogP contribution in [-0.4, -0.2) is 0 Å². The highest BCUT2D eigenvalue weighted by atomic mass is 79.9. The monoisotopic (exact) mass is 391 g/mol. The summed E-state index contributed by atoms with van der Waals surface area (Å²) in [5.74, 6) is 0.525. The normalized spacial score (nSPS) is 12.3. The van der Waals surface area contributed by atoms with Crippen molar-refractivity contribution in [3.8, 4) is 11.5 Å². The zero-order chi connectivity index (χ0) is 15.7. The van der Waals surface area contributed by atoms with Crippen LogP contribution in [0.25, 0.3) is 0 Å². The van der Waals surface area contributed by atoms with Gasteiger partial charge in [-0.25, -0.2) is 4.39 Å². The standard InChI is InChI=1S/C15H13BrCl2FNO/c1-7-3-14(9(8(2)20)4-13(7)19)21-15-6-11(17)10(16)5-12(15)18/h3-6,8H,20H2,1-2H3. The third kappa shape index (κ3) is 3.69. The van der Waals surface area contributed by atoms with Crippen LogP contribution in [0.15, 0.2) is 28.7 Å². The Kier molecular flexibility index (Phi) is 5.15. The predicted octanol–water partition coefficient (Wildman–Crippen LogP) is 6.02. The highest BCUT2D eigenvalue weighted by Crippen LogP contribution is 2.38. The number of hydrogen-bond donors (Lipinski definition) is 1. The van der Waals surface area contributed by atoms with Crippen LogP contribution in [0.2, 0.25) is 10.0 Å². The Balaban J connectivity index is 2.48. The molecule has 2 N–H and O–H groups in total. The molecule has 0 aliphatic heterocycles. The molecule has 2 aromatic carbocycles. The first-order valence-corrected chi connectivity index (χ1v) is 7.72. The summed E-state index contributed by atoms with van der Waals surface area (Å²) >= 11 is 15.5. The molecular formula is C15H13BrCl2FNO. The third-order valence-corrected chi connectivity index (χ3v) is 4.47. The fourth-order valence-electron chi connectivity index (χ4n) is 1.82. The first-order valence-electron chi connectivity index (χ1n) is 6.17. The van der Waals surface area contributed by atoms with E-state index in [0.29, 0.717) is 37.1 Å². The topological polar surface area (TPSA) is 35.2 Å². The number of ether oxygens (including phenoxy) is 1. The van der Waals surface area contributed by atoms with Crippen LogP contribution < -0.4 is 10.5 Å². The minimum absolute atomic E-state index is 0.324. The van der Waals surface area contributed by atoms with Crippen molar-refractivity contribution in [3.63, 3.8) is 0 Å². The first kappa shape index (κ1) is 16.6.